The van der Waals surface area contributed by atoms with Crippen molar-refractivity contribution in [2.75, 3.05) is 19.0 Å². The number of rotatable bonds is 5. The van der Waals surface area contributed by atoms with Gasteiger partial charge in [-0.25, -0.2) is 14.0 Å². The van der Waals surface area contributed by atoms with Gasteiger partial charge in [0, 0.05) is 5.56 Å². The molecule has 2 aromatic carbocycles. The van der Waals surface area contributed by atoms with Crippen LogP contribution in [0.2, 0.25) is 0 Å². The predicted octanol–water partition coefficient (Wildman–Crippen LogP) is 2.02. The molecule has 1 heterocycles. The molecule has 1 fully saturated rings. The van der Waals surface area contributed by atoms with E-state index in [4.69, 9.17) is 0 Å². The minimum atomic E-state index is -1.63. The van der Waals surface area contributed by atoms with Gasteiger partial charge >= 0.3 is 12.0 Å². The topological polar surface area (TPSA) is 105 Å². The zero-order valence-electron chi connectivity index (χ0n) is 15.7. The van der Waals surface area contributed by atoms with E-state index < -0.39 is 41.7 Å². The van der Waals surface area contributed by atoms with E-state index in [1.165, 1.54) is 44.4 Å². The molecule has 1 aliphatic heterocycles. The van der Waals surface area contributed by atoms with E-state index in [1.807, 2.05) is 0 Å². The largest absolute Gasteiger partial charge is 0.465 e. The molecule has 0 bridgehead atoms. The monoisotopic (exact) mass is 399 g/mol. The van der Waals surface area contributed by atoms with Crippen LogP contribution in [0.4, 0.5) is 14.9 Å². The number of imide groups is 1. The maximum Gasteiger partial charge on any atom is 0.339 e. The van der Waals surface area contributed by atoms with E-state index in [0.29, 0.717) is 4.90 Å². The first-order chi connectivity index (χ1) is 13.8. The van der Waals surface area contributed by atoms with Gasteiger partial charge in [0.05, 0.1) is 18.4 Å². The molecule has 3 rings (SSSR count). The van der Waals surface area contributed by atoms with Crippen LogP contribution in [0.15, 0.2) is 48.5 Å². The lowest BCUT2D eigenvalue weighted by Gasteiger charge is -2.22. The van der Waals surface area contributed by atoms with Gasteiger partial charge in [-0.05, 0) is 25.1 Å². The highest BCUT2D eigenvalue weighted by atomic mass is 19.1. The fourth-order valence-electron chi connectivity index (χ4n) is 3.10. The highest BCUT2D eigenvalue weighted by Gasteiger charge is 2.50. The summed E-state index contributed by atoms with van der Waals surface area (Å²) in [4.78, 5) is 50.1. The summed E-state index contributed by atoms with van der Waals surface area (Å²) in [6.07, 6.45) is 0. The third-order valence-corrected chi connectivity index (χ3v) is 4.60. The number of halogens is 1. The number of para-hydroxylation sites is 1. The molecule has 1 atom stereocenters. The van der Waals surface area contributed by atoms with E-state index >= 15 is 0 Å². The minimum Gasteiger partial charge on any atom is -0.465 e. The van der Waals surface area contributed by atoms with Crippen LogP contribution in [0.25, 0.3) is 0 Å². The number of carbonyl (C=O) groups excluding carboxylic acids is 4. The Hall–Kier alpha value is -3.75. The molecule has 0 aromatic heterocycles. The van der Waals surface area contributed by atoms with E-state index in [0.717, 1.165) is 0 Å². The van der Waals surface area contributed by atoms with E-state index in [1.54, 1.807) is 18.2 Å². The second kappa shape index (κ2) is 7.70. The number of ether oxygens (including phenoxy) is 1. The lowest BCUT2D eigenvalue weighted by Crippen LogP contribution is -2.42. The highest BCUT2D eigenvalue weighted by Crippen LogP contribution is 2.30. The van der Waals surface area contributed by atoms with Gasteiger partial charge < -0.3 is 15.4 Å². The summed E-state index contributed by atoms with van der Waals surface area (Å²) in [5, 5.41) is 4.92. The molecule has 1 saturated heterocycles. The van der Waals surface area contributed by atoms with Crippen molar-refractivity contribution in [3.05, 3.63) is 65.5 Å². The van der Waals surface area contributed by atoms with Crippen molar-refractivity contribution in [2.45, 2.75) is 12.5 Å². The second-order valence-electron chi connectivity index (χ2n) is 6.51. The van der Waals surface area contributed by atoms with Crippen LogP contribution in [0, 0.1) is 5.82 Å². The van der Waals surface area contributed by atoms with Gasteiger partial charge in [0.15, 0.2) is 0 Å². The third-order valence-electron chi connectivity index (χ3n) is 4.60. The Balaban J connectivity index is 1.79. The third kappa shape index (κ3) is 3.66. The number of urea groups is 1. The predicted molar refractivity (Wildman–Crippen MR) is 100 cm³/mol. The lowest BCUT2D eigenvalue weighted by molar-refractivity contribution is -0.133. The molecule has 2 N–H and O–H groups in total. The Labute approximate surface area is 165 Å². The molecule has 0 spiro atoms. The molecule has 8 nitrogen and oxygen atoms in total. The van der Waals surface area contributed by atoms with Crippen LogP contribution >= 0.6 is 0 Å². The zero-order valence-corrected chi connectivity index (χ0v) is 15.7. The van der Waals surface area contributed by atoms with Gasteiger partial charge in [-0.1, -0.05) is 30.3 Å². The number of hydrogen-bond donors (Lipinski definition) is 2. The number of esters is 1. The molecule has 29 heavy (non-hydrogen) atoms. The van der Waals surface area contributed by atoms with Gasteiger partial charge in [-0.2, -0.15) is 0 Å². The first-order valence-electron chi connectivity index (χ1n) is 8.64. The normalized spacial score (nSPS) is 18.4. The quantitative estimate of drug-likeness (QED) is 0.591. The average Bonchev–Trinajstić information content (AvgIpc) is 2.92. The molecule has 1 aliphatic rings. The summed E-state index contributed by atoms with van der Waals surface area (Å²) < 4.78 is 18.8. The number of methoxy groups -OCH3 is 1. The number of hydrogen-bond acceptors (Lipinski definition) is 5. The van der Waals surface area contributed by atoms with Crippen LogP contribution in [0.1, 0.15) is 22.8 Å². The Morgan fingerprint density at radius 1 is 1.14 bits per heavy atom. The van der Waals surface area contributed by atoms with Crippen molar-refractivity contribution in [1.29, 1.82) is 0 Å². The average molecular weight is 399 g/mol. The summed E-state index contributed by atoms with van der Waals surface area (Å²) >= 11 is 0. The lowest BCUT2D eigenvalue weighted by atomic mass is 9.91. The number of anilines is 1. The number of carbonyl (C=O) groups is 4. The maximum atomic E-state index is 14.2. The molecule has 2 aromatic rings. The molecule has 9 heteroatoms. The second-order valence-corrected chi connectivity index (χ2v) is 6.51. The Kier molecular flexibility index (Phi) is 5.31. The van der Waals surface area contributed by atoms with Gasteiger partial charge in [-0.3, -0.25) is 14.5 Å². The maximum absolute atomic E-state index is 14.2. The summed E-state index contributed by atoms with van der Waals surface area (Å²) in [5.74, 6) is -2.77. The Bertz CT molecular complexity index is 1010. The van der Waals surface area contributed by atoms with E-state index in [9.17, 15) is 23.6 Å². The molecular weight excluding hydrogens is 381 g/mol. The van der Waals surface area contributed by atoms with Crippen molar-refractivity contribution >= 4 is 29.5 Å². The number of amides is 4. The summed E-state index contributed by atoms with van der Waals surface area (Å²) in [6.45, 7) is 0.764. The Morgan fingerprint density at radius 2 is 1.79 bits per heavy atom. The molecule has 0 saturated carbocycles. The summed E-state index contributed by atoms with van der Waals surface area (Å²) in [7, 11) is 1.21. The number of nitrogens with one attached hydrogen (secondary N) is 2. The fourth-order valence-corrected chi connectivity index (χ4v) is 3.10. The van der Waals surface area contributed by atoms with E-state index in [-0.39, 0.29) is 16.8 Å². The molecule has 1 unspecified atom stereocenters. The molecule has 0 radical (unpaired) electrons. The van der Waals surface area contributed by atoms with Gasteiger partial charge in [0.25, 0.3) is 5.91 Å². The minimum absolute atomic E-state index is 0.00250. The van der Waals surface area contributed by atoms with Crippen LogP contribution in [0.3, 0.4) is 0 Å². The van der Waals surface area contributed by atoms with Crippen LogP contribution in [0.5, 0.6) is 0 Å². The number of nitrogens with zero attached hydrogens (tertiary/aromatic N) is 1. The fraction of sp³-hybridized carbons (Fsp3) is 0.200. The van der Waals surface area contributed by atoms with Gasteiger partial charge in [-0.15, -0.1) is 0 Å². The van der Waals surface area contributed by atoms with Gasteiger partial charge in [0.2, 0.25) is 5.91 Å². The van der Waals surface area contributed by atoms with Gasteiger partial charge in [0.1, 0.15) is 17.9 Å². The first-order valence-corrected chi connectivity index (χ1v) is 8.64. The van der Waals surface area contributed by atoms with Crippen molar-refractivity contribution in [2.24, 2.45) is 0 Å². The van der Waals surface area contributed by atoms with E-state index in [2.05, 4.69) is 15.4 Å². The standard InChI is InChI=1S/C20H18FN3O5/c1-20(13-8-4-5-9-14(13)21)18(27)24(19(28)23-20)11-16(25)22-15-10-6-3-7-12(15)17(26)29-2/h3-10H,11H2,1-2H3,(H,22,25)(H,23,28). The molecule has 0 aliphatic carbocycles. The molecular formula is C20H18FN3O5. The van der Waals surface area contributed by atoms with Crippen molar-refractivity contribution in [1.82, 2.24) is 10.2 Å². The van der Waals surface area contributed by atoms with Crippen LogP contribution in [-0.4, -0.2) is 42.4 Å². The first kappa shape index (κ1) is 20.0. The van der Waals surface area contributed by atoms with Crippen LogP contribution < -0.4 is 10.6 Å². The van der Waals surface area contributed by atoms with Crippen molar-refractivity contribution < 1.29 is 28.3 Å². The Morgan fingerprint density at radius 3 is 2.48 bits per heavy atom. The van der Waals surface area contributed by atoms with Crippen molar-refractivity contribution in [3.8, 4) is 0 Å². The smallest absolute Gasteiger partial charge is 0.339 e. The van der Waals surface area contributed by atoms with Crippen molar-refractivity contribution in [3.63, 3.8) is 0 Å². The molecule has 4 amide bonds. The number of benzene rings is 2. The summed E-state index contributed by atoms with van der Waals surface area (Å²) in [6, 6.07) is 10.9. The highest BCUT2D eigenvalue weighted by molar-refractivity contribution is 6.10. The zero-order chi connectivity index (χ0) is 21.2. The van der Waals surface area contributed by atoms with Crippen LogP contribution in [-0.2, 0) is 19.9 Å². The molecule has 150 valence electrons. The SMILES string of the molecule is COC(=O)c1ccccc1NC(=O)CN1C(=O)NC(C)(c2ccccc2F)C1=O. The summed E-state index contributed by atoms with van der Waals surface area (Å²) in [5.41, 5.74) is -1.34.